The van der Waals surface area contributed by atoms with Crippen LogP contribution in [0.1, 0.15) is 35.0 Å². The molecule has 4 aromatic rings. The Kier molecular flexibility index (Phi) is 8.32. The lowest BCUT2D eigenvalue weighted by Gasteiger charge is -2.24. The summed E-state index contributed by atoms with van der Waals surface area (Å²) in [5, 5.41) is 2.79. The first kappa shape index (κ1) is 28.4. The summed E-state index contributed by atoms with van der Waals surface area (Å²) < 4.78 is 19.3. The van der Waals surface area contributed by atoms with E-state index in [1.807, 2.05) is 0 Å². The number of aliphatic imine (C=N–C) groups is 1. The minimum absolute atomic E-state index is 0.0919. The zero-order valence-electron chi connectivity index (χ0n) is 23.1. The zero-order chi connectivity index (χ0) is 29.8. The summed E-state index contributed by atoms with van der Waals surface area (Å²) in [5.41, 5.74) is 2.56. The molecule has 0 radical (unpaired) electrons. The maximum absolute atomic E-state index is 13.8. The van der Waals surface area contributed by atoms with Gasteiger partial charge >= 0.3 is 0 Å². The van der Waals surface area contributed by atoms with Gasteiger partial charge in [0.2, 0.25) is 17.7 Å². The Morgan fingerprint density at radius 1 is 1.07 bits per heavy atom. The van der Waals surface area contributed by atoms with Crippen LogP contribution < -0.4 is 5.32 Å². The highest BCUT2D eigenvalue weighted by atomic mass is 32.2. The molecule has 0 spiro atoms. The second-order valence-electron chi connectivity index (χ2n) is 10.3. The van der Waals surface area contributed by atoms with Crippen LogP contribution in [0.15, 0.2) is 101 Å². The largest absolute Gasteiger partial charge is 0.467 e. The van der Waals surface area contributed by atoms with Crippen LogP contribution >= 0.6 is 11.8 Å². The van der Waals surface area contributed by atoms with Crippen molar-refractivity contribution in [2.24, 2.45) is 4.99 Å². The van der Waals surface area contributed by atoms with Gasteiger partial charge in [-0.1, -0.05) is 30.0 Å². The van der Waals surface area contributed by atoms with Gasteiger partial charge in [0.05, 0.1) is 24.9 Å². The van der Waals surface area contributed by atoms with Crippen molar-refractivity contribution in [3.05, 3.63) is 114 Å². The third-order valence-corrected chi connectivity index (χ3v) is 8.56. The molecule has 2 atom stereocenters. The summed E-state index contributed by atoms with van der Waals surface area (Å²) in [7, 11) is 0. The van der Waals surface area contributed by atoms with Crippen LogP contribution in [-0.4, -0.2) is 50.3 Å². The van der Waals surface area contributed by atoms with Crippen LogP contribution in [0.25, 0.3) is 0 Å². The molecular weight excluding hydrogens is 569 g/mol. The molecular formula is C32H28FN5O4S. The van der Waals surface area contributed by atoms with E-state index in [2.05, 4.69) is 15.3 Å². The number of hydrogen-bond acceptors (Lipinski definition) is 7. The van der Waals surface area contributed by atoms with Gasteiger partial charge in [0, 0.05) is 24.6 Å². The van der Waals surface area contributed by atoms with Gasteiger partial charge in [0.15, 0.2) is 5.17 Å². The Hall–Kier alpha value is -4.77. The molecule has 4 heterocycles. The number of likely N-dealkylation sites (tertiary alicyclic amines) is 1. The van der Waals surface area contributed by atoms with Crippen LogP contribution in [0, 0.1) is 5.82 Å². The lowest BCUT2D eigenvalue weighted by molar-refractivity contribution is -0.136. The number of anilines is 1. The fourth-order valence-corrected chi connectivity index (χ4v) is 6.37. The Morgan fingerprint density at radius 3 is 2.63 bits per heavy atom. The minimum Gasteiger partial charge on any atom is -0.467 e. The quantitative estimate of drug-likeness (QED) is 0.288. The van der Waals surface area contributed by atoms with E-state index in [1.165, 1.54) is 28.8 Å². The summed E-state index contributed by atoms with van der Waals surface area (Å²) in [6, 6.07) is 19.6. The van der Waals surface area contributed by atoms with Crippen LogP contribution in [-0.2, 0) is 27.3 Å². The Balaban J connectivity index is 1.15. The zero-order valence-corrected chi connectivity index (χ0v) is 23.9. The van der Waals surface area contributed by atoms with Crippen LogP contribution in [0.5, 0.6) is 0 Å². The second-order valence-corrected chi connectivity index (χ2v) is 11.3. The molecule has 1 unspecified atom stereocenters. The van der Waals surface area contributed by atoms with Crippen molar-refractivity contribution >= 4 is 46.0 Å². The molecule has 3 amide bonds. The number of carbonyl (C=O) groups excluding carboxylic acids is 3. The van der Waals surface area contributed by atoms with E-state index < -0.39 is 17.1 Å². The van der Waals surface area contributed by atoms with Crippen molar-refractivity contribution in [3.8, 4) is 0 Å². The van der Waals surface area contributed by atoms with Gasteiger partial charge in [-0.2, -0.15) is 0 Å². The summed E-state index contributed by atoms with van der Waals surface area (Å²) in [5.74, 6) is -0.330. The third-order valence-electron chi connectivity index (χ3n) is 7.33. The van der Waals surface area contributed by atoms with Gasteiger partial charge in [-0.3, -0.25) is 24.3 Å². The first-order valence-electron chi connectivity index (χ1n) is 13.9. The number of nitrogens with one attached hydrogen (secondary N) is 1. The van der Waals surface area contributed by atoms with Crippen LogP contribution in [0.2, 0.25) is 0 Å². The van der Waals surface area contributed by atoms with Crippen LogP contribution in [0.3, 0.4) is 0 Å². The van der Waals surface area contributed by atoms with E-state index in [9.17, 15) is 18.8 Å². The monoisotopic (exact) mass is 597 g/mol. The van der Waals surface area contributed by atoms with Crippen molar-refractivity contribution in [1.29, 1.82) is 0 Å². The number of nitrogens with zero attached hydrogens (tertiary/aromatic N) is 4. The Morgan fingerprint density at radius 2 is 1.88 bits per heavy atom. The van der Waals surface area contributed by atoms with Gasteiger partial charge in [0.1, 0.15) is 22.9 Å². The summed E-state index contributed by atoms with van der Waals surface area (Å²) in [6.45, 7) is 0.728. The first-order valence-corrected chi connectivity index (χ1v) is 14.8. The number of halogens is 1. The summed E-state index contributed by atoms with van der Waals surface area (Å²) in [6.07, 6.45) is 6.40. The lowest BCUT2D eigenvalue weighted by atomic mass is 10.1. The van der Waals surface area contributed by atoms with E-state index in [-0.39, 0.29) is 30.7 Å². The van der Waals surface area contributed by atoms with Gasteiger partial charge < -0.3 is 14.6 Å². The van der Waals surface area contributed by atoms with E-state index in [1.54, 1.807) is 84.2 Å². The van der Waals surface area contributed by atoms with Crippen molar-refractivity contribution in [1.82, 2.24) is 14.8 Å². The molecule has 0 aliphatic carbocycles. The molecule has 2 aliphatic heterocycles. The molecule has 2 fully saturated rings. The fourth-order valence-electron chi connectivity index (χ4n) is 5.19. The number of carbonyl (C=O) groups is 3. The predicted molar refractivity (Wildman–Crippen MR) is 161 cm³/mol. The van der Waals surface area contributed by atoms with E-state index >= 15 is 0 Å². The van der Waals surface area contributed by atoms with E-state index in [4.69, 9.17) is 4.42 Å². The Bertz CT molecular complexity index is 1650. The first-order chi connectivity index (χ1) is 20.9. The number of thioether (sulfide) groups is 1. The molecule has 2 aromatic heterocycles. The van der Waals surface area contributed by atoms with Gasteiger partial charge in [0.25, 0.3) is 0 Å². The number of amidine groups is 1. The van der Waals surface area contributed by atoms with Crippen molar-refractivity contribution in [3.63, 3.8) is 0 Å². The lowest BCUT2D eigenvalue weighted by Crippen LogP contribution is -2.43. The summed E-state index contributed by atoms with van der Waals surface area (Å²) in [4.78, 5) is 51.4. The molecule has 43 heavy (non-hydrogen) atoms. The van der Waals surface area contributed by atoms with Gasteiger partial charge in [-0.25, -0.2) is 9.38 Å². The number of benzene rings is 2. The molecule has 2 saturated heterocycles. The van der Waals surface area contributed by atoms with Crippen LogP contribution in [0.4, 0.5) is 15.8 Å². The molecule has 0 bridgehead atoms. The molecule has 6 rings (SSSR count). The third kappa shape index (κ3) is 6.51. The topological polar surface area (TPSA) is 108 Å². The SMILES string of the molecule is O=C(Nc1ccc(C2SC(=Nc3cccc(F)c3)N(Cc3ccco3)C2=O)cc1)[C@H]1CCCN1C(=O)Cc1ccncc1. The molecule has 0 saturated carbocycles. The van der Waals surface area contributed by atoms with Gasteiger partial charge in [-0.05, 0) is 78.6 Å². The minimum atomic E-state index is -0.580. The number of pyridine rings is 1. The molecule has 1 N–H and O–H groups in total. The van der Waals surface area contributed by atoms with Gasteiger partial charge in [-0.15, -0.1) is 0 Å². The molecule has 11 heteroatoms. The number of rotatable bonds is 8. The molecule has 2 aromatic carbocycles. The maximum Gasteiger partial charge on any atom is 0.247 e. The van der Waals surface area contributed by atoms with Crippen molar-refractivity contribution < 1.29 is 23.2 Å². The highest BCUT2D eigenvalue weighted by molar-refractivity contribution is 8.15. The highest BCUT2D eigenvalue weighted by Gasteiger charge is 2.40. The highest BCUT2D eigenvalue weighted by Crippen LogP contribution is 2.41. The maximum atomic E-state index is 13.8. The molecule has 2 aliphatic rings. The Labute approximate surface area is 251 Å². The van der Waals surface area contributed by atoms with E-state index in [0.717, 1.165) is 17.5 Å². The normalized spacial score (nSPS) is 19.3. The number of amides is 3. The average Bonchev–Trinajstić information content (AvgIpc) is 3.77. The predicted octanol–water partition coefficient (Wildman–Crippen LogP) is 5.49. The number of aromatic nitrogens is 1. The smallest absolute Gasteiger partial charge is 0.247 e. The average molecular weight is 598 g/mol. The van der Waals surface area contributed by atoms with Crippen molar-refractivity contribution in [2.45, 2.75) is 37.1 Å². The number of hydrogen-bond donors (Lipinski definition) is 1. The fraction of sp³-hybridized carbons (Fsp3) is 0.219. The second kappa shape index (κ2) is 12.6. The van der Waals surface area contributed by atoms with Crippen molar-refractivity contribution in [2.75, 3.05) is 11.9 Å². The standard InChI is InChI=1S/C32H28FN5O4S/c33-23-4-1-5-25(19-23)36-32-38(20-26-6-3-17-42-26)31(41)29(43-32)22-8-10-24(11-9-22)35-30(40)27-7-2-16-37(27)28(39)18-21-12-14-34-15-13-21/h1,3-6,8-15,17,19,27,29H,2,7,16,18,20H2,(H,35,40)/t27-,29?/m1/s1. The number of furan rings is 1. The summed E-state index contributed by atoms with van der Waals surface area (Å²) >= 11 is 1.27. The molecule has 9 nitrogen and oxygen atoms in total. The van der Waals surface area contributed by atoms with E-state index in [0.29, 0.717) is 35.3 Å². The molecule has 218 valence electrons.